The lowest BCUT2D eigenvalue weighted by atomic mass is 10.0. The Balaban J connectivity index is 1.56. The van der Waals surface area contributed by atoms with Crippen molar-refractivity contribution in [2.75, 3.05) is 32.8 Å². The van der Waals surface area contributed by atoms with Crippen molar-refractivity contribution < 1.29 is 18.7 Å². The van der Waals surface area contributed by atoms with E-state index in [1.807, 2.05) is 11.4 Å². The molecule has 0 radical (unpaired) electrons. The number of rotatable bonds is 8. The van der Waals surface area contributed by atoms with Gasteiger partial charge in [-0.15, -0.1) is 11.3 Å². The molecule has 1 aliphatic rings. The third-order valence-electron chi connectivity index (χ3n) is 4.61. The quantitative estimate of drug-likeness (QED) is 0.704. The molecule has 1 saturated heterocycles. The number of nitrogens with one attached hydrogen (secondary N) is 1. The highest BCUT2D eigenvalue weighted by molar-refractivity contribution is 7.12. The zero-order valence-corrected chi connectivity index (χ0v) is 15.8. The van der Waals surface area contributed by atoms with Crippen molar-refractivity contribution in [2.24, 2.45) is 0 Å². The van der Waals surface area contributed by atoms with E-state index in [-0.39, 0.29) is 36.4 Å². The summed E-state index contributed by atoms with van der Waals surface area (Å²) in [7, 11) is 0. The highest BCUT2D eigenvalue weighted by Crippen LogP contribution is 2.22. The number of Topliss-reactive ketones (excluding diaryl/α,β-unsaturated/α-hetero) is 1. The molecule has 1 aliphatic heterocycles. The van der Waals surface area contributed by atoms with E-state index < -0.39 is 0 Å². The van der Waals surface area contributed by atoms with E-state index in [9.17, 15) is 14.0 Å². The van der Waals surface area contributed by atoms with Gasteiger partial charge in [0.05, 0.1) is 24.1 Å². The summed E-state index contributed by atoms with van der Waals surface area (Å²) in [6.07, 6.45) is 0.362. The molecule has 5 nitrogen and oxygen atoms in total. The average Bonchev–Trinajstić information content (AvgIpc) is 3.23. The molecular weight excluding hydrogens is 367 g/mol. The number of nitrogens with zero attached hydrogens (tertiary/aromatic N) is 1. The number of hydrogen-bond acceptors (Lipinski definition) is 5. The van der Waals surface area contributed by atoms with E-state index in [0.29, 0.717) is 24.6 Å². The van der Waals surface area contributed by atoms with Crippen LogP contribution in [0.4, 0.5) is 4.39 Å². The van der Waals surface area contributed by atoms with Crippen molar-refractivity contribution in [3.05, 3.63) is 58.0 Å². The molecule has 0 saturated carbocycles. The Bertz CT molecular complexity index is 743. The van der Waals surface area contributed by atoms with Gasteiger partial charge in [-0.05, 0) is 29.1 Å². The van der Waals surface area contributed by atoms with Crippen molar-refractivity contribution in [1.82, 2.24) is 10.2 Å². The predicted octanol–water partition coefficient (Wildman–Crippen LogP) is 3.04. The van der Waals surface area contributed by atoms with Gasteiger partial charge in [0.25, 0.3) is 0 Å². The molecule has 7 heteroatoms. The number of morpholine rings is 1. The fraction of sp³-hybridized carbons (Fsp3) is 0.400. The minimum Gasteiger partial charge on any atom is -0.379 e. The molecule has 2 aromatic rings. The summed E-state index contributed by atoms with van der Waals surface area (Å²) < 4.78 is 18.7. The van der Waals surface area contributed by atoms with Crippen LogP contribution in [0.3, 0.4) is 0 Å². The third kappa shape index (κ3) is 5.69. The molecule has 1 N–H and O–H groups in total. The highest BCUT2D eigenvalue weighted by atomic mass is 32.1. The number of benzene rings is 1. The highest BCUT2D eigenvalue weighted by Gasteiger charge is 2.23. The first kappa shape index (κ1) is 19.7. The number of amides is 1. The number of ether oxygens (including phenoxy) is 1. The maximum atomic E-state index is 13.3. The zero-order valence-electron chi connectivity index (χ0n) is 15.0. The van der Waals surface area contributed by atoms with Gasteiger partial charge in [-0.3, -0.25) is 14.5 Å². The Morgan fingerprint density at radius 3 is 2.56 bits per heavy atom. The molecule has 1 atom stereocenters. The summed E-state index contributed by atoms with van der Waals surface area (Å²) in [6, 6.07) is 9.92. The fourth-order valence-electron chi connectivity index (χ4n) is 3.12. The Kier molecular flexibility index (Phi) is 7.09. The van der Waals surface area contributed by atoms with Gasteiger partial charge in [0, 0.05) is 32.5 Å². The standard InChI is InChI=1S/C20H23FN2O3S/c21-16-5-3-15(4-6-16)17(23-9-11-26-12-10-23)14-22-20(25)8-7-18(24)19-2-1-13-27-19/h1-6,13,17H,7-12,14H2,(H,22,25)/t17-/m1/s1. The van der Waals surface area contributed by atoms with Gasteiger partial charge in [0.1, 0.15) is 5.82 Å². The van der Waals surface area contributed by atoms with Crippen molar-refractivity contribution in [3.8, 4) is 0 Å². The van der Waals surface area contributed by atoms with Crippen LogP contribution in [0.25, 0.3) is 0 Å². The fourth-order valence-corrected chi connectivity index (χ4v) is 3.81. The molecule has 0 aliphatic carbocycles. The Hall–Kier alpha value is -2.09. The second kappa shape index (κ2) is 9.73. The van der Waals surface area contributed by atoms with Gasteiger partial charge in [-0.2, -0.15) is 0 Å². The van der Waals surface area contributed by atoms with Crippen LogP contribution in [0.15, 0.2) is 41.8 Å². The normalized spacial score (nSPS) is 16.0. The number of carbonyl (C=O) groups excluding carboxylic acids is 2. The molecule has 144 valence electrons. The van der Waals surface area contributed by atoms with Crippen LogP contribution in [-0.2, 0) is 9.53 Å². The second-order valence-corrected chi connectivity index (χ2v) is 7.37. The van der Waals surface area contributed by atoms with E-state index >= 15 is 0 Å². The van der Waals surface area contributed by atoms with E-state index in [0.717, 1.165) is 18.7 Å². The van der Waals surface area contributed by atoms with Crippen molar-refractivity contribution in [2.45, 2.75) is 18.9 Å². The average molecular weight is 390 g/mol. The lowest BCUT2D eigenvalue weighted by Crippen LogP contribution is -2.43. The lowest BCUT2D eigenvalue weighted by molar-refractivity contribution is -0.121. The van der Waals surface area contributed by atoms with E-state index in [1.165, 1.54) is 23.5 Å². The molecule has 0 spiro atoms. The molecule has 0 bridgehead atoms. The van der Waals surface area contributed by atoms with Gasteiger partial charge < -0.3 is 10.1 Å². The smallest absolute Gasteiger partial charge is 0.220 e. The largest absolute Gasteiger partial charge is 0.379 e. The van der Waals surface area contributed by atoms with Crippen molar-refractivity contribution >= 4 is 23.0 Å². The summed E-state index contributed by atoms with van der Waals surface area (Å²) in [5.74, 6) is -0.445. The maximum Gasteiger partial charge on any atom is 0.220 e. The summed E-state index contributed by atoms with van der Waals surface area (Å²) in [5, 5.41) is 4.78. The molecule has 3 rings (SSSR count). The number of ketones is 1. The van der Waals surface area contributed by atoms with Crippen LogP contribution in [0, 0.1) is 5.82 Å². The van der Waals surface area contributed by atoms with Crippen LogP contribution >= 0.6 is 11.3 Å². The third-order valence-corrected chi connectivity index (χ3v) is 5.52. The Morgan fingerprint density at radius 1 is 1.15 bits per heavy atom. The number of halogens is 1. The van der Waals surface area contributed by atoms with Crippen LogP contribution in [0.2, 0.25) is 0 Å². The van der Waals surface area contributed by atoms with Crippen LogP contribution in [0.1, 0.15) is 34.1 Å². The van der Waals surface area contributed by atoms with E-state index in [2.05, 4.69) is 10.2 Å². The first-order valence-electron chi connectivity index (χ1n) is 9.04. The van der Waals surface area contributed by atoms with Gasteiger partial charge in [-0.25, -0.2) is 4.39 Å². The molecular formula is C20H23FN2O3S. The van der Waals surface area contributed by atoms with Crippen LogP contribution < -0.4 is 5.32 Å². The monoisotopic (exact) mass is 390 g/mol. The minimum atomic E-state index is -0.282. The molecule has 0 unspecified atom stereocenters. The van der Waals surface area contributed by atoms with Gasteiger partial charge >= 0.3 is 0 Å². The number of thiophene rings is 1. The molecule has 1 fully saturated rings. The maximum absolute atomic E-state index is 13.3. The second-order valence-electron chi connectivity index (χ2n) is 6.42. The van der Waals surface area contributed by atoms with Gasteiger partial charge in [-0.1, -0.05) is 18.2 Å². The summed E-state index contributed by atoms with van der Waals surface area (Å²) in [4.78, 5) is 27.2. The molecule has 1 aromatic carbocycles. The van der Waals surface area contributed by atoms with Crippen LogP contribution in [-0.4, -0.2) is 49.4 Å². The summed E-state index contributed by atoms with van der Waals surface area (Å²) in [5.41, 5.74) is 0.952. The Morgan fingerprint density at radius 2 is 1.89 bits per heavy atom. The molecule has 27 heavy (non-hydrogen) atoms. The molecule has 1 amide bonds. The summed E-state index contributed by atoms with van der Waals surface area (Å²) in [6.45, 7) is 3.21. The predicted molar refractivity (Wildman–Crippen MR) is 102 cm³/mol. The molecule has 1 aromatic heterocycles. The minimum absolute atomic E-state index is 0.0107. The van der Waals surface area contributed by atoms with Crippen molar-refractivity contribution in [1.29, 1.82) is 0 Å². The SMILES string of the molecule is O=C(CCC(=O)c1cccs1)NC[C@H](c1ccc(F)cc1)N1CCOCC1. The first-order chi connectivity index (χ1) is 13.1. The topological polar surface area (TPSA) is 58.6 Å². The number of hydrogen-bond donors (Lipinski definition) is 1. The van der Waals surface area contributed by atoms with Gasteiger partial charge in [0.2, 0.25) is 5.91 Å². The van der Waals surface area contributed by atoms with Gasteiger partial charge in [0.15, 0.2) is 5.78 Å². The Labute approximate surface area is 162 Å². The van der Waals surface area contributed by atoms with E-state index in [1.54, 1.807) is 18.2 Å². The summed E-state index contributed by atoms with van der Waals surface area (Å²) >= 11 is 1.39. The first-order valence-corrected chi connectivity index (χ1v) is 9.92. The van der Waals surface area contributed by atoms with E-state index in [4.69, 9.17) is 4.74 Å². The lowest BCUT2D eigenvalue weighted by Gasteiger charge is -2.35. The van der Waals surface area contributed by atoms with Crippen LogP contribution in [0.5, 0.6) is 0 Å². The number of carbonyl (C=O) groups is 2. The zero-order chi connectivity index (χ0) is 19.1. The molecule has 2 heterocycles. The van der Waals surface area contributed by atoms with Crippen molar-refractivity contribution in [3.63, 3.8) is 0 Å².